The van der Waals surface area contributed by atoms with Crippen LogP contribution in [0.15, 0.2) is 24.3 Å². The second kappa shape index (κ2) is 7.09. The highest BCUT2D eigenvalue weighted by Gasteiger charge is 2.11. The molecule has 1 aromatic rings. The molecule has 1 fully saturated rings. The molecule has 7 heteroatoms. The monoisotopic (exact) mass is 272 g/mol. The molecular formula is C13H23B3N2O2. The van der Waals surface area contributed by atoms with Crippen LogP contribution in [0.1, 0.15) is 0 Å². The van der Waals surface area contributed by atoms with Gasteiger partial charge in [-0.1, -0.05) is 0 Å². The molecular weight excluding hydrogens is 249 g/mol. The van der Waals surface area contributed by atoms with Gasteiger partial charge in [-0.25, -0.2) is 0 Å². The molecule has 0 saturated carbocycles. The van der Waals surface area contributed by atoms with E-state index in [1.807, 2.05) is 12.1 Å². The van der Waals surface area contributed by atoms with E-state index in [-0.39, 0.29) is 5.30 Å². The first-order valence-corrected chi connectivity index (χ1v) is 7.37. The molecule has 106 valence electrons. The molecule has 0 bridgehead atoms. The minimum Gasteiger partial charge on any atom is -0.491 e. The van der Waals surface area contributed by atoms with E-state index in [1.54, 1.807) is 0 Å². The predicted octanol–water partition coefficient (Wildman–Crippen LogP) is -2.00. The summed E-state index contributed by atoms with van der Waals surface area (Å²) in [5.41, 5.74) is 1.27. The molecule has 0 amide bonds. The summed E-state index contributed by atoms with van der Waals surface area (Å²) >= 11 is 0. The first kappa shape index (κ1) is 15.3. The molecule has 1 aromatic carbocycles. The summed E-state index contributed by atoms with van der Waals surface area (Å²) in [6, 6.07) is 8.33. The lowest BCUT2D eigenvalue weighted by atomic mass is 9.52. The largest absolute Gasteiger partial charge is 0.491 e. The van der Waals surface area contributed by atoms with E-state index in [0.717, 1.165) is 31.9 Å². The van der Waals surface area contributed by atoms with Crippen molar-refractivity contribution in [2.45, 2.75) is 5.30 Å². The number of hydrogen-bond donors (Lipinski definition) is 1. The first-order chi connectivity index (χ1) is 9.54. The van der Waals surface area contributed by atoms with Gasteiger partial charge < -0.3 is 19.7 Å². The molecule has 0 unspecified atom stereocenters. The number of nitrogens with one attached hydrogen (secondary N) is 1. The van der Waals surface area contributed by atoms with Crippen molar-refractivity contribution in [2.24, 2.45) is 0 Å². The zero-order chi connectivity index (χ0) is 14.4. The maximum absolute atomic E-state index is 5.69. The molecule has 20 heavy (non-hydrogen) atoms. The van der Waals surface area contributed by atoms with E-state index in [4.69, 9.17) is 9.47 Å². The maximum atomic E-state index is 5.69. The Kier molecular flexibility index (Phi) is 5.43. The highest BCUT2D eigenvalue weighted by molar-refractivity contribution is 6.58. The third-order valence-electron chi connectivity index (χ3n) is 3.21. The number of benzene rings is 1. The molecule has 0 aromatic heterocycles. The van der Waals surface area contributed by atoms with Crippen molar-refractivity contribution in [2.75, 3.05) is 44.3 Å². The third-order valence-corrected chi connectivity index (χ3v) is 3.21. The average Bonchev–Trinajstić information content (AvgIpc) is 2.44. The topological polar surface area (TPSA) is 33.7 Å². The van der Waals surface area contributed by atoms with Crippen molar-refractivity contribution in [3.63, 3.8) is 0 Å². The van der Waals surface area contributed by atoms with E-state index in [9.17, 15) is 0 Å². The molecule has 1 heterocycles. The van der Waals surface area contributed by atoms with Crippen LogP contribution in [0.2, 0.25) is 0 Å². The molecule has 4 nitrogen and oxygen atoms in total. The Balaban J connectivity index is 1.76. The lowest BCUT2D eigenvalue weighted by Crippen LogP contribution is -2.43. The van der Waals surface area contributed by atoms with Crippen LogP contribution < -0.4 is 15.0 Å². The summed E-state index contributed by atoms with van der Waals surface area (Å²) < 4.78 is 11.3. The Bertz CT molecular complexity index is 403. The minimum atomic E-state index is -0.102. The Morgan fingerprint density at radius 1 is 1.05 bits per heavy atom. The van der Waals surface area contributed by atoms with Gasteiger partial charge in [0.2, 0.25) is 0 Å². The molecule has 1 aliphatic rings. The molecule has 0 atom stereocenters. The highest BCUT2D eigenvalue weighted by Crippen LogP contribution is 2.19. The van der Waals surface area contributed by atoms with Crippen LogP contribution in [-0.2, 0) is 4.74 Å². The number of ether oxygens (including phenoxy) is 2. The molecule has 0 spiro atoms. The first-order valence-electron chi connectivity index (χ1n) is 7.37. The average molecular weight is 272 g/mol. The Hall–Kier alpha value is -1.07. The maximum Gasteiger partial charge on any atom is 0.121 e. The quantitative estimate of drug-likeness (QED) is 0.480. The molecule has 2 rings (SSSR count). The van der Waals surface area contributed by atoms with Crippen LogP contribution >= 0.6 is 0 Å². The van der Waals surface area contributed by atoms with Gasteiger partial charge in [-0.3, -0.25) is 0 Å². The van der Waals surface area contributed by atoms with E-state index in [1.165, 1.54) is 5.69 Å². The Morgan fingerprint density at radius 2 is 1.70 bits per heavy atom. The summed E-state index contributed by atoms with van der Waals surface area (Å²) in [5, 5.41) is 3.26. The standard InChI is InChI=1S/C13H23B3N2O2/c14-13(15,16)20-10-9-19-12-3-1-11(2-4-12)18-7-5-17-6-8-18/h1-4,17H,5-10,14-16H2. The normalized spacial score (nSPS) is 16.1. The van der Waals surface area contributed by atoms with E-state index in [0.29, 0.717) is 13.2 Å². The smallest absolute Gasteiger partial charge is 0.121 e. The third kappa shape index (κ3) is 5.14. The van der Waals surface area contributed by atoms with Gasteiger partial charge in [0.15, 0.2) is 0 Å². The Morgan fingerprint density at radius 3 is 2.30 bits per heavy atom. The number of anilines is 1. The van der Waals surface area contributed by atoms with Crippen molar-refractivity contribution in [3.05, 3.63) is 24.3 Å². The lowest BCUT2D eigenvalue weighted by Gasteiger charge is -2.29. The highest BCUT2D eigenvalue weighted by atomic mass is 16.5. The van der Waals surface area contributed by atoms with E-state index < -0.39 is 0 Å². The molecule has 1 N–H and O–H groups in total. The van der Waals surface area contributed by atoms with Gasteiger partial charge in [-0.05, 0) is 29.6 Å². The molecule has 1 saturated heterocycles. The van der Waals surface area contributed by atoms with Gasteiger partial charge in [0.25, 0.3) is 0 Å². The van der Waals surface area contributed by atoms with Crippen LogP contribution in [-0.4, -0.2) is 68.2 Å². The number of rotatable bonds is 6. The predicted molar refractivity (Wildman–Crippen MR) is 91.3 cm³/mol. The minimum absolute atomic E-state index is 0.102. The van der Waals surface area contributed by atoms with Gasteiger partial charge in [-0.15, -0.1) is 0 Å². The van der Waals surface area contributed by atoms with Crippen molar-refractivity contribution in [1.29, 1.82) is 0 Å². The van der Waals surface area contributed by atoms with Crippen molar-refractivity contribution in [3.8, 4) is 5.75 Å². The fraction of sp³-hybridized carbons (Fsp3) is 0.538. The zero-order valence-corrected chi connectivity index (χ0v) is 12.8. The molecule has 1 aliphatic heterocycles. The second-order valence-corrected chi connectivity index (χ2v) is 6.04. The van der Waals surface area contributed by atoms with Crippen LogP contribution in [0.4, 0.5) is 5.69 Å². The van der Waals surface area contributed by atoms with Gasteiger partial charge in [-0.2, -0.15) is 0 Å². The Labute approximate surface area is 124 Å². The van der Waals surface area contributed by atoms with Crippen molar-refractivity contribution in [1.82, 2.24) is 5.32 Å². The van der Waals surface area contributed by atoms with Crippen LogP contribution in [0.3, 0.4) is 0 Å². The summed E-state index contributed by atoms with van der Waals surface area (Å²) in [6.07, 6.45) is 0. The summed E-state index contributed by atoms with van der Waals surface area (Å²) in [7, 11) is 6.15. The van der Waals surface area contributed by atoms with Crippen molar-refractivity contribution >= 4 is 29.2 Å². The number of piperazine rings is 1. The van der Waals surface area contributed by atoms with Crippen LogP contribution in [0.5, 0.6) is 5.75 Å². The van der Waals surface area contributed by atoms with Crippen LogP contribution in [0, 0.1) is 0 Å². The van der Waals surface area contributed by atoms with Gasteiger partial charge in [0.1, 0.15) is 35.9 Å². The number of nitrogens with zero attached hydrogens (tertiary/aromatic N) is 1. The van der Waals surface area contributed by atoms with Crippen molar-refractivity contribution < 1.29 is 9.47 Å². The number of hydrogen-bond acceptors (Lipinski definition) is 4. The summed E-state index contributed by atoms with van der Waals surface area (Å²) in [5.74, 6) is 0.904. The summed E-state index contributed by atoms with van der Waals surface area (Å²) in [4.78, 5) is 2.39. The van der Waals surface area contributed by atoms with E-state index in [2.05, 4.69) is 45.9 Å². The second-order valence-electron chi connectivity index (χ2n) is 6.04. The lowest BCUT2D eigenvalue weighted by molar-refractivity contribution is 0.0949. The van der Waals surface area contributed by atoms with Gasteiger partial charge in [0, 0.05) is 31.9 Å². The fourth-order valence-corrected chi connectivity index (χ4v) is 2.18. The van der Waals surface area contributed by atoms with Gasteiger partial charge >= 0.3 is 0 Å². The van der Waals surface area contributed by atoms with Gasteiger partial charge in [0.05, 0.1) is 6.61 Å². The van der Waals surface area contributed by atoms with Crippen LogP contribution in [0.25, 0.3) is 0 Å². The SMILES string of the molecule is BC(B)(B)OCCOc1ccc(N2CCNCC2)cc1. The molecule has 0 radical (unpaired) electrons. The van der Waals surface area contributed by atoms with E-state index >= 15 is 0 Å². The fourth-order valence-electron chi connectivity index (χ4n) is 2.18. The summed E-state index contributed by atoms with van der Waals surface area (Å²) in [6.45, 7) is 5.46. The molecule has 0 aliphatic carbocycles. The zero-order valence-electron chi connectivity index (χ0n) is 12.8.